The number of ether oxygens (including phenoxy) is 1. The van der Waals surface area contributed by atoms with Crippen molar-refractivity contribution >= 4 is 83.0 Å². The molecule has 14 rings (SSSR count). The number of halogens is 2. The van der Waals surface area contributed by atoms with Gasteiger partial charge in [0.25, 0.3) is 0 Å². The van der Waals surface area contributed by atoms with E-state index < -0.39 is 0 Å². The van der Waals surface area contributed by atoms with Gasteiger partial charge in [0.15, 0.2) is 68.2 Å². The lowest BCUT2D eigenvalue weighted by Crippen LogP contribution is -2.48. The molecular weight excluding hydrogens is 1490 g/mol. The van der Waals surface area contributed by atoms with Gasteiger partial charge in [0, 0.05) is 146 Å². The maximum absolute atomic E-state index is 13.5. The van der Waals surface area contributed by atoms with Gasteiger partial charge in [0.05, 0.1) is 77.8 Å². The lowest BCUT2D eigenvalue weighted by Gasteiger charge is -2.39. The first kappa shape index (κ1) is 99.3. The van der Waals surface area contributed by atoms with E-state index in [4.69, 9.17) is 21.4 Å². The zero-order valence-corrected chi connectivity index (χ0v) is 67.6. The molecule has 118 heavy (non-hydrogen) atoms. The zero-order valence-electron chi connectivity index (χ0n) is 66.9. The molecule has 2 aliphatic heterocycles. The molecule has 0 spiro atoms. The molecule has 6 aromatic heterocycles. The summed E-state index contributed by atoms with van der Waals surface area (Å²) in [6, 6.07) is 75.3. The average molecular weight is 1620 g/mol. The Morgan fingerprint density at radius 1 is 0.390 bits per heavy atom. The van der Waals surface area contributed by atoms with Crippen LogP contribution in [0.4, 0.5) is 38.5 Å². The monoisotopic (exact) mass is 1620 g/mol. The Bertz CT molecular complexity index is 5080. The number of benzene rings is 6. The maximum atomic E-state index is 13.5. The second-order valence-electron chi connectivity index (χ2n) is 27.8. The smallest absolute Gasteiger partial charge is 0.225 e. The molecule has 0 amide bonds. The topological polar surface area (TPSA) is 126 Å². The summed E-state index contributed by atoms with van der Waals surface area (Å²) in [4.78, 5) is 0. The molecule has 0 unspecified atom stereocenters. The van der Waals surface area contributed by atoms with E-state index in [2.05, 4.69) is 136 Å². The minimum absolute atomic E-state index is 0. The number of hydrazone groups is 6. The molecule has 0 bridgehead atoms. The zero-order chi connectivity index (χ0) is 80.0. The Balaban J connectivity index is 0.000000363. The fourth-order valence-electron chi connectivity index (χ4n) is 11.3. The summed E-state index contributed by atoms with van der Waals surface area (Å²) in [6.45, 7) is 10.1. The number of anilines is 6. The summed E-state index contributed by atoms with van der Waals surface area (Å²) in [5, 5.41) is 38.8. The molecule has 0 saturated carbocycles. The number of fused-ring (bicyclic) bond motifs is 2. The predicted molar refractivity (Wildman–Crippen MR) is 496 cm³/mol. The van der Waals surface area contributed by atoms with Crippen LogP contribution in [0, 0.1) is 5.82 Å². The largest absolute Gasteiger partial charge is 0.497 e. The summed E-state index contributed by atoms with van der Waals surface area (Å²) in [5.41, 5.74) is 15.1. The molecule has 6 aromatic carbocycles. The van der Waals surface area contributed by atoms with E-state index in [1.165, 1.54) is 33.6 Å². The molecule has 0 aliphatic carbocycles. The van der Waals surface area contributed by atoms with Gasteiger partial charge in [0.1, 0.15) is 60.1 Å². The van der Waals surface area contributed by atoms with Crippen molar-refractivity contribution in [2.45, 2.75) is 89.6 Å². The number of nitrogens with zero attached hydrogens (tertiary/aromatic N) is 18. The summed E-state index contributed by atoms with van der Waals surface area (Å²) in [5.74, 6) is 0.563. The van der Waals surface area contributed by atoms with Gasteiger partial charge >= 0.3 is 0 Å². The molecule has 0 N–H and O–H groups in total. The number of para-hydroxylation sites is 4. The van der Waals surface area contributed by atoms with Gasteiger partial charge in [-0.1, -0.05) is 137 Å². The number of pyridine rings is 6. The summed E-state index contributed by atoms with van der Waals surface area (Å²) >= 11 is 5.84. The molecule has 19 nitrogen and oxygen atoms in total. The van der Waals surface area contributed by atoms with Crippen molar-refractivity contribution in [2.75, 3.05) is 71.9 Å². The van der Waals surface area contributed by atoms with Crippen molar-refractivity contribution in [3.63, 3.8) is 0 Å². The fourth-order valence-corrected chi connectivity index (χ4v) is 11.5. The number of hydrogen-bond donors (Lipinski definition) is 0. The molecular formula is C97H128ClFN18O+6. The number of aromatic nitrogens is 6. The molecule has 2 aliphatic rings. The van der Waals surface area contributed by atoms with Gasteiger partial charge in [-0.25, -0.2) is 31.8 Å². The number of methoxy groups -OCH3 is 1. The average Bonchev–Trinajstić information content (AvgIpc) is 1.57. The van der Waals surface area contributed by atoms with Gasteiger partial charge in [-0.3, -0.25) is 30.1 Å². The Labute approximate surface area is 709 Å². The van der Waals surface area contributed by atoms with Gasteiger partial charge in [-0.2, -0.15) is 30.6 Å². The Morgan fingerprint density at radius 2 is 0.763 bits per heavy atom. The van der Waals surface area contributed by atoms with Crippen molar-refractivity contribution in [1.29, 1.82) is 0 Å². The molecule has 0 atom stereocenters. The first-order valence-electron chi connectivity index (χ1n) is 36.8. The Kier molecular flexibility index (Phi) is 41.3. The van der Waals surface area contributed by atoms with Crippen molar-refractivity contribution in [3.8, 4) is 5.75 Å². The van der Waals surface area contributed by atoms with E-state index >= 15 is 0 Å². The van der Waals surface area contributed by atoms with Crippen molar-refractivity contribution < 1.29 is 36.5 Å². The van der Waals surface area contributed by atoms with Crippen LogP contribution in [-0.2, 0) is 54.1 Å². The van der Waals surface area contributed by atoms with E-state index in [-0.39, 0.29) is 61.3 Å². The Hall–Kier alpha value is -12.9. The van der Waals surface area contributed by atoms with E-state index in [9.17, 15) is 4.39 Å². The van der Waals surface area contributed by atoms with Crippen LogP contribution in [0.2, 0.25) is 5.02 Å². The lowest BCUT2D eigenvalue weighted by molar-refractivity contribution is -0.672. The second-order valence-corrected chi connectivity index (χ2v) is 28.2. The summed E-state index contributed by atoms with van der Waals surface area (Å²) < 4.78 is 30.6. The van der Waals surface area contributed by atoms with Crippen molar-refractivity contribution in [3.05, 3.63) is 354 Å². The number of hydrogen-bond acceptors (Lipinski definition) is 13. The maximum Gasteiger partial charge on any atom is 0.225 e. The minimum atomic E-state index is -0.281. The second kappa shape index (κ2) is 49.1. The molecule has 21 heteroatoms. The van der Waals surface area contributed by atoms with Crippen molar-refractivity contribution in [2.24, 2.45) is 72.9 Å². The quantitative estimate of drug-likeness (QED) is 0.0505. The normalized spacial score (nSPS) is 12.2. The van der Waals surface area contributed by atoms with Gasteiger partial charge in [-0.15, -0.1) is 0 Å². The van der Waals surface area contributed by atoms with Crippen molar-refractivity contribution in [1.82, 2.24) is 0 Å². The molecule has 0 radical (unpaired) electrons. The standard InChI is InChI=1S/C19H24N3.C15H18N3O.C15H16N3.C14H15ClN3.C14H15FN3.C14H16N3.6CH4/c1-18(2)16-8-6-7-9-17(16)22(19(18,3)4)20-14-15-10-12-21(5)13-11-15;1-17-10-8-13(9-11-17)12-16-18(2)14-4-6-15(19-3)7-5-14;1-17-9-6-13(7-10-17)12-16-18-11-8-14-4-2-3-5-15(14)18;1-17-9-7-12(8-10-17)11-16-18(2)14-5-3-13(15)4-6-14;1-17-9-7-12(8-10-17)11-16-18(2)14-6-4-3-5-13(14)15;1-16-11-7-6-10-14(16)12-15-17(2)13-8-4-3-5-9-13;;;;;;/h6-14H,1-5H3;4-12H,1-3H3;2-7,9-10,12H,8,11H2,1H3;2*3-11H,1-2H3;3-12H,1-2H3;6*1H4/q6*+1;;;;;;. The lowest BCUT2D eigenvalue weighted by atomic mass is 9.73. The van der Waals surface area contributed by atoms with Gasteiger partial charge < -0.3 is 4.74 Å². The van der Waals surface area contributed by atoms with Crippen LogP contribution in [0.25, 0.3) is 0 Å². The third-order valence-electron chi connectivity index (χ3n) is 19.0. The number of aryl methyl sites for hydroxylation is 6. The summed E-state index contributed by atoms with van der Waals surface area (Å²) in [7, 11) is 21.1. The highest BCUT2D eigenvalue weighted by molar-refractivity contribution is 6.30. The molecule has 620 valence electrons. The van der Waals surface area contributed by atoms with E-state index in [0.29, 0.717) is 5.69 Å². The predicted octanol–water partition coefficient (Wildman–Crippen LogP) is 17.9. The molecule has 12 aromatic rings. The van der Waals surface area contributed by atoms with Crippen LogP contribution in [0.15, 0.2) is 329 Å². The SMILES string of the molecule is C.C.C.C.C.C.CN(N=Cc1cc[n+](C)cc1)c1ccc(Cl)cc1.CN(N=Cc1cc[n+](C)cc1)c1ccccc1F.CN(N=Cc1cccc[n+]1C)c1ccccc1.COc1ccc(N(C)N=Cc2cc[n+](C)cc2)cc1.C[n+]1ccc(C=NN2CCc3ccccc32)cc1.C[n+]1ccc(C=NN2c3ccccc3C(C)(C)C2(C)C)cc1. The molecule has 0 fully saturated rings. The summed E-state index contributed by atoms with van der Waals surface area (Å²) in [6.07, 6.45) is 34.1. The van der Waals surface area contributed by atoms with Crippen LogP contribution in [-0.4, -0.2) is 84.7 Å². The highest BCUT2D eigenvalue weighted by atomic mass is 35.5. The highest BCUT2D eigenvalue weighted by Crippen LogP contribution is 2.51. The van der Waals surface area contributed by atoms with Crippen LogP contribution < -0.4 is 62.2 Å². The van der Waals surface area contributed by atoms with E-state index in [0.717, 1.165) is 74.3 Å². The van der Waals surface area contributed by atoms with E-state index in [1.807, 2.05) is 339 Å². The third-order valence-corrected chi connectivity index (χ3v) is 19.2. The highest BCUT2D eigenvalue weighted by Gasteiger charge is 2.51. The number of rotatable bonds is 17. The fraction of sp³-hybridized carbons (Fsp3) is 0.258. The first-order valence-corrected chi connectivity index (χ1v) is 37.2. The van der Waals surface area contributed by atoms with Gasteiger partial charge in [0.2, 0.25) is 5.69 Å². The molecule has 0 saturated heterocycles. The first-order chi connectivity index (χ1) is 53.9. The van der Waals surface area contributed by atoms with Crippen LogP contribution in [0.1, 0.15) is 117 Å². The van der Waals surface area contributed by atoms with Crippen LogP contribution in [0.5, 0.6) is 5.75 Å². The Morgan fingerprint density at radius 3 is 1.22 bits per heavy atom. The van der Waals surface area contributed by atoms with Crippen LogP contribution in [0.3, 0.4) is 0 Å². The minimum Gasteiger partial charge on any atom is -0.497 e. The van der Waals surface area contributed by atoms with E-state index in [1.54, 1.807) is 38.6 Å². The third kappa shape index (κ3) is 29.4. The molecule has 8 heterocycles. The van der Waals surface area contributed by atoms with Crippen LogP contribution >= 0.6 is 11.6 Å². The van der Waals surface area contributed by atoms with Gasteiger partial charge in [-0.05, 0) is 122 Å².